The Morgan fingerprint density at radius 2 is 2.14 bits per heavy atom. The average molecular weight is 210 g/mol. The molecule has 1 aliphatic rings. The highest BCUT2D eigenvalue weighted by molar-refractivity contribution is 6.31. The third kappa shape index (κ3) is 1.61. The van der Waals surface area contributed by atoms with Crippen LogP contribution >= 0.6 is 11.6 Å². The second-order valence-corrected chi connectivity index (χ2v) is 4.98. The third-order valence-corrected chi connectivity index (χ3v) is 3.30. The van der Waals surface area contributed by atoms with Gasteiger partial charge >= 0.3 is 0 Å². The first-order valence-corrected chi connectivity index (χ1v) is 5.52. The summed E-state index contributed by atoms with van der Waals surface area (Å²) >= 11 is 6.26. The molecule has 0 saturated heterocycles. The van der Waals surface area contributed by atoms with Crippen LogP contribution in [0.25, 0.3) is 0 Å². The Bertz CT molecular complexity index is 344. The molecule has 14 heavy (non-hydrogen) atoms. The lowest BCUT2D eigenvalue weighted by Crippen LogP contribution is -2.16. The molecule has 0 amide bonds. The largest absolute Gasteiger partial charge is 0.385 e. The Morgan fingerprint density at radius 3 is 2.93 bits per heavy atom. The standard InChI is InChI=1S/C12H16ClN/c1-12(2)7-4-8-14-10-6-3-5-9(13)11(10)12/h3,5-6,14H,4,7-8H2,1-2H3. The molecule has 0 spiro atoms. The van der Waals surface area contributed by atoms with Crippen molar-refractivity contribution in [3.63, 3.8) is 0 Å². The molecule has 1 aromatic rings. The van der Waals surface area contributed by atoms with Crippen molar-refractivity contribution in [2.75, 3.05) is 11.9 Å². The van der Waals surface area contributed by atoms with Gasteiger partial charge in [-0.25, -0.2) is 0 Å². The number of nitrogens with one attached hydrogen (secondary N) is 1. The van der Waals surface area contributed by atoms with Crippen molar-refractivity contribution in [3.05, 3.63) is 28.8 Å². The molecule has 0 atom stereocenters. The van der Waals surface area contributed by atoms with Crippen molar-refractivity contribution in [2.24, 2.45) is 0 Å². The van der Waals surface area contributed by atoms with Crippen LogP contribution in [-0.4, -0.2) is 6.54 Å². The lowest BCUT2D eigenvalue weighted by atomic mass is 9.80. The van der Waals surface area contributed by atoms with Crippen LogP contribution in [0.5, 0.6) is 0 Å². The maximum absolute atomic E-state index is 6.26. The molecule has 0 aromatic heterocycles. The van der Waals surface area contributed by atoms with E-state index in [0.29, 0.717) is 0 Å². The molecule has 0 radical (unpaired) electrons. The lowest BCUT2D eigenvalue weighted by molar-refractivity contribution is 0.479. The van der Waals surface area contributed by atoms with Gasteiger partial charge in [0.2, 0.25) is 0 Å². The van der Waals surface area contributed by atoms with E-state index in [1.54, 1.807) is 0 Å². The van der Waals surface area contributed by atoms with E-state index in [-0.39, 0.29) is 5.41 Å². The quantitative estimate of drug-likeness (QED) is 0.685. The number of hydrogen-bond donors (Lipinski definition) is 1. The number of rotatable bonds is 0. The van der Waals surface area contributed by atoms with Crippen molar-refractivity contribution >= 4 is 17.3 Å². The number of benzene rings is 1. The summed E-state index contributed by atoms with van der Waals surface area (Å²) in [5.74, 6) is 0. The first kappa shape index (κ1) is 9.85. The first-order chi connectivity index (χ1) is 6.61. The predicted octanol–water partition coefficient (Wildman–Crippen LogP) is 3.82. The fourth-order valence-corrected chi connectivity index (χ4v) is 2.67. The van der Waals surface area contributed by atoms with E-state index in [9.17, 15) is 0 Å². The number of fused-ring (bicyclic) bond motifs is 1. The SMILES string of the molecule is CC1(C)CCCNc2cccc(Cl)c21. The van der Waals surface area contributed by atoms with Gasteiger partial charge < -0.3 is 5.32 Å². The summed E-state index contributed by atoms with van der Waals surface area (Å²) in [6, 6.07) is 6.11. The van der Waals surface area contributed by atoms with Crippen LogP contribution in [0, 0.1) is 0 Å². The fraction of sp³-hybridized carbons (Fsp3) is 0.500. The van der Waals surface area contributed by atoms with E-state index in [0.717, 1.165) is 11.6 Å². The summed E-state index contributed by atoms with van der Waals surface area (Å²) < 4.78 is 0. The second kappa shape index (κ2) is 3.47. The predicted molar refractivity (Wildman–Crippen MR) is 62.2 cm³/mol. The van der Waals surface area contributed by atoms with Crippen molar-refractivity contribution < 1.29 is 0 Å². The van der Waals surface area contributed by atoms with Crippen LogP contribution < -0.4 is 5.32 Å². The number of hydrogen-bond acceptors (Lipinski definition) is 1. The molecular weight excluding hydrogens is 194 g/mol. The molecule has 2 rings (SSSR count). The number of halogens is 1. The maximum Gasteiger partial charge on any atom is 0.0464 e. The molecule has 1 heterocycles. The van der Waals surface area contributed by atoms with Gasteiger partial charge in [-0.05, 0) is 36.0 Å². The zero-order valence-corrected chi connectivity index (χ0v) is 9.49. The highest BCUT2D eigenvalue weighted by Gasteiger charge is 2.27. The molecule has 0 aliphatic carbocycles. The molecule has 2 heteroatoms. The summed E-state index contributed by atoms with van der Waals surface area (Å²) in [7, 11) is 0. The monoisotopic (exact) mass is 209 g/mol. The minimum Gasteiger partial charge on any atom is -0.385 e. The van der Waals surface area contributed by atoms with Crippen molar-refractivity contribution in [2.45, 2.75) is 32.1 Å². The molecule has 76 valence electrons. The maximum atomic E-state index is 6.26. The normalized spacial score (nSPS) is 19.4. The van der Waals surface area contributed by atoms with Crippen LogP contribution in [0.4, 0.5) is 5.69 Å². The molecular formula is C12H16ClN. The van der Waals surface area contributed by atoms with Crippen molar-refractivity contribution in [3.8, 4) is 0 Å². The summed E-state index contributed by atoms with van der Waals surface area (Å²) in [5, 5.41) is 4.33. The molecule has 0 saturated carbocycles. The van der Waals surface area contributed by atoms with E-state index < -0.39 is 0 Å². The lowest BCUT2D eigenvalue weighted by Gasteiger charge is -2.25. The van der Waals surface area contributed by atoms with Gasteiger partial charge in [0.05, 0.1) is 0 Å². The van der Waals surface area contributed by atoms with E-state index in [1.807, 2.05) is 12.1 Å². The fourth-order valence-electron chi connectivity index (χ4n) is 2.24. The summed E-state index contributed by atoms with van der Waals surface area (Å²) in [6.45, 7) is 5.59. The Balaban J connectivity index is 2.58. The molecule has 1 aromatic carbocycles. The van der Waals surface area contributed by atoms with Crippen LogP contribution in [0.3, 0.4) is 0 Å². The summed E-state index contributed by atoms with van der Waals surface area (Å²) in [5.41, 5.74) is 2.68. The van der Waals surface area contributed by atoms with Gasteiger partial charge in [-0.15, -0.1) is 0 Å². The third-order valence-electron chi connectivity index (χ3n) is 2.98. The molecule has 1 N–H and O–H groups in total. The minimum absolute atomic E-state index is 0.192. The van der Waals surface area contributed by atoms with Gasteiger partial charge in [0.1, 0.15) is 0 Å². The Labute approximate surface area is 90.5 Å². The van der Waals surface area contributed by atoms with Gasteiger partial charge in [0.25, 0.3) is 0 Å². The van der Waals surface area contributed by atoms with Crippen LogP contribution in [0.15, 0.2) is 18.2 Å². The van der Waals surface area contributed by atoms with Crippen molar-refractivity contribution in [1.82, 2.24) is 0 Å². The Hall–Kier alpha value is -0.690. The van der Waals surface area contributed by atoms with Crippen LogP contribution in [-0.2, 0) is 5.41 Å². The zero-order chi connectivity index (χ0) is 10.2. The molecule has 0 bridgehead atoms. The van der Waals surface area contributed by atoms with E-state index in [2.05, 4.69) is 25.2 Å². The topological polar surface area (TPSA) is 12.0 Å². The Kier molecular flexibility index (Phi) is 2.44. The van der Waals surface area contributed by atoms with Gasteiger partial charge in [0.15, 0.2) is 0 Å². The van der Waals surface area contributed by atoms with Gasteiger partial charge in [0, 0.05) is 17.3 Å². The van der Waals surface area contributed by atoms with E-state index >= 15 is 0 Å². The summed E-state index contributed by atoms with van der Waals surface area (Å²) in [4.78, 5) is 0. The summed E-state index contributed by atoms with van der Waals surface area (Å²) in [6.07, 6.45) is 2.40. The minimum atomic E-state index is 0.192. The Morgan fingerprint density at radius 1 is 1.36 bits per heavy atom. The highest BCUT2D eigenvalue weighted by Crippen LogP contribution is 2.40. The van der Waals surface area contributed by atoms with Crippen LogP contribution in [0.2, 0.25) is 5.02 Å². The van der Waals surface area contributed by atoms with Crippen LogP contribution in [0.1, 0.15) is 32.3 Å². The molecule has 0 unspecified atom stereocenters. The van der Waals surface area contributed by atoms with Crippen molar-refractivity contribution in [1.29, 1.82) is 0 Å². The highest BCUT2D eigenvalue weighted by atomic mass is 35.5. The smallest absolute Gasteiger partial charge is 0.0464 e. The molecule has 1 nitrogen and oxygen atoms in total. The van der Waals surface area contributed by atoms with Gasteiger partial charge in [-0.3, -0.25) is 0 Å². The molecule has 1 aliphatic heterocycles. The van der Waals surface area contributed by atoms with E-state index in [4.69, 9.17) is 11.6 Å². The van der Waals surface area contributed by atoms with Gasteiger partial charge in [-0.1, -0.05) is 31.5 Å². The average Bonchev–Trinajstić information content (AvgIpc) is 2.25. The van der Waals surface area contributed by atoms with E-state index in [1.165, 1.54) is 24.1 Å². The first-order valence-electron chi connectivity index (χ1n) is 5.14. The molecule has 0 fully saturated rings. The van der Waals surface area contributed by atoms with Gasteiger partial charge in [-0.2, -0.15) is 0 Å². The second-order valence-electron chi connectivity index (χ2n) is 4.58. The number of anilines is 1. The zero-order valence-electron chi connectivity index (χ0n) is 8.73.